The molecule has 0 saturated heterocycles. The van der Waals surface area contributed by atoms with E-state index in [0.717, 1.165) is 34.7 Å². The molecule has 0 N–H and O–H groups in total. The lowest BCUT2D eigenvalue weighted by atomic mass is 10.0. The lowest BCUT2D eigenvalue weighted by Crippen LogP contribution is -2.09. The van der Waals surface area contributed by atoms with Gasteiger partial charge < -0.3 is 9.30 Å². The Morgan fingerprint density at radius 1 is 0.852 bits per heavy atom. The molecule has 1 heterocycles. The second-order valence-corrected chi connectivity index (χ2v) is 7.01. The van der Waals surface area contributed by atoms with Crippen molar-refractivity contribution in [2.45, 2.75) is 26.3 Å². The second-order valence-electron chi connectivity index (χ2n) is 7.01. The summed E-state index contributed by atoms with van der Waals surface area (Å²) in [6.07, 6.45) is 0. The van der Waals surface area contributed by atoms with Crippen molar-refractivity contribution >= 4 is 11.0 Å². The Bertz CT molecular complexity index is 1020. The average Bonchev–Trinajstić information content (AvgIpc) is 3.08. The normalized spacial score (nSPS) is 11.2. The quantitative estimate of drug-likeness (QED) is 0.430. The maximum atomic E-state index is 6.01. The molecule has 0 unspecified atom stereocenters. The van der Waals surface area contributed by atoms with Gasteiger partial charge in [0.05, 0.1) is 17.6 Å². The van der Waals surface area contributed by atoms with E-state index in [1.165, 1.54) is 5.56 Å². The van der Waals surface area contributed by atoms with Crippen molar-refractivity contribution in [2.75, 3.05) is 6.61 Å². The Kier molecular flexibility index (Phi) is 4.93. The molecule has 0 spiro atoms. The summed E-state index contributed by atoms with van der Waals surface area (Å²) in [6, 6.07) is 27.0. The van der Waals surface area contributed by atoms with E-state index in [2.05, 4.69) is 73.0 Å². The van der Waals surface area contributed by atoms with Crippen LogP contribution in [0, 0.1) is 0 Å². The van der Waals surface area contributed by atoms with Crippen molar-refractivity contribution in [1.82, 2.24) is 9.55 Å². The van der Waals surface area contributed by atoms with Crippen LogP contribution in [0.15, 0.2) is 78.9 Å². The first-order valence-corrected chi connectivity index (χ1v) is 9.46. The van der Waals surface area contributed by atoms with E-state index < -0.39 is 0 Å². The number of benzene rings is 3. The molecule has 0 aliphatic carbocycles. The number of ether oxygens (including phenoxy) is 1. The van der Waals surface area contributed by atoms with Gasteiger partial charge in [-0.3, -0.25) is 0 Å². The summed E-state index contributed by atoms with van der Waals surface area (Å²) >= 11 is 0. The van der Waals surface area contributed by atoms with Crippen LogP contribution in [-0.2, 0) is 6.54 Å². The lowest BCUT2D eigenvalue weighted by molar-refractivity contribution is 0.300. The van der Waals surface area contributed by atoms with Crippen LogP contribution in [0.1, 0.15) is 25.3 Å². The van der Waals surface area contributed by atoms with E-state index in [9.17, 15) is 0 Å². The highest BCUT2D eigenvalue weighted by atomic mass is 16.5. The molecule has 4 aromatic rings. The fourth-order valence-electron chi connectivity index (χ4n) is 3.31. The molecule has 0 aliphatic rings. The van der Waals surface area contributed by atoms with Crippen molar-refractivity contribution < 1.29 is 4.74 Å². The molecular weight excluding hydrogens is 332 g/mol. The monoisotopic (exact) mass is 356 g/mol. The maximum Gasteiger partial charge on any atom is 0.141 e. The fourth-order valence-corrected chi connectivity index (χ4v) is 3.31. The van der Waals surface area contributed by atoms with Gasteiger partial charge in [0.25, 0.3) is 0 Å². The highest BCUT2D eigenvalue weighted by Gasteiger charge is 2.12. The number of hydrogen-bond donors (Lipinski definition) is 0. The summed E-state index contributed by atoms with van der Waals surface area (Å²) in [5.74, 6) is 2.42. The summed E-state index contributed by atoms with van der Waals surface area (Å²) in [5.41, 5.74) is 4.59. The molecule has 3 aromatic carbocycles. The standard InChI is InChI=1S/C24H24N2O/c1-18(2)19-12-14-21(15-13-19)27-17-16-26-23-11-7-6-10-22(23)25-24(26)20-8-4-3-5-9-20/h3-15,18H,16-17H2,1-2H3. The molecular formula is C24H24N2O. The van der Waals surface area contributed by atoms with Gasteiger partial charge in [0.2, 0.25) is 0 Å². The topological polar surface area (TPSA) is 27.1 Å². The minimum Gasteiger partial charge on any atom is -0.492 e. The van der Waals surface area contributed by atoms with E-state index >= 15 is 0 Å². The summed E-state index contributed by atoms with van der Waals surface area (Å²) < 4.78 is 8.25. The summed E-state index contributed by atoms with van der Waals surface area (Å²) in [7, 11) is 0. The number of hydrogen-bond acceptors (Lipinski definition) is 2. The van der Waals surface area contributed by atoms with E-state index in [1.54, 1.807) is 0 Å². The van der Waals surface area contributed by atoms with Gasteiger partial charge in [0.15, 0.2) is 0 Å². The zero-order chi connectivity index (χ0) is 18.6. The molecule has 0 radical (unpaired) electrons. The highest BCUT2D eigenvalue weighted by molar-refractivity contribution is 5.80. The van der Waals surface area contributed by atoms with Gasteiger partial charge in [0.1, 0.15) is 18.2 Å². The van der Waals surface area contributed by atoms with Crippen molar-refractivity contribution in [2.24, 2.45) is 0 Å². The Hall–Kier alpha value is -3.07. The smallest absolute Gasteiger partial charge is 0.141 e. The molecule has 136 valence electrons. The van der Waals surface area contributed by atoms with Crippen molar-refractivity contribution in [3.63, 3.8) is 0 Å². The zero-order valence-electron chi connectivity index (χ0n) is 15.8. The number of para-hydroxylation sites is 2. The molecule has 0 saturated carbocycles. The Labute approximate surface area is 160 Å². The van der Waals surface area contributed by atoms with Gasteiger partial charge in [-0.05, 0) is 35.7 Å². The van der Waals surface area contributed by atoms with Gasteiger partial charge >= 0.3 is 0 Å². The second kappa shape index (κ2) is 7.67. The fraction of sp³-hybridized carbons (Fsp3) is 0.208. The number of nitrogens with zero attached hydrogens (tertiary/aromatic N) is 2. The molecule has 0 aliphatic heterocycles. The third-order valence-corrected chi connectivity index (χ3v) is 4.82. The molecule has 3 nitrogen and oxygen atoms in total. The summed E-state index contributed by atoms with van der Waals surface area (Å²) in [4.78, 5) is 4.85. The zero-order valence-corrected chi connectivity index (χ0v) is 15.8. The molecule has 0 bridgehead atoms. The first-order chi connectivity index (χ1) is 13.2. The minimum absolute atomic E-state index is 0.532. The predicted molar refractivity (Wildman–Crippen MR) is 111 cm³/mol. The number of rotatable bonds is 6. The van der Waals surface area contributed by atoms with Gasteiger partial charge in [-0.15, -0.1) is 0 Å². The minimum atomic E-state index is 0.532. The van der Waals surface area contributed by atoms with E-state index in [-0.39, 0.29) is 0 Å². The van der Waals surface area contributed by atoms with Crippen LogP contribution in [0.25, 0.3) is 22.4 Å². The maximum absolute atomic E-state index is 6.01. The van der Waals surface area contributed by atoms with E-state index in [1.807, 2.05) is 24.3 Å². The van der Waals surface area contributed by atoms with Crippen LogP contribution >= 0.6 is 0 Å². The SMILES string of the molecule is CC(C)c1ccc(OCCn2c(-c3ccccc3)nc3ccccc32)cc1. The van der Waals surface area contributed by atoms with Gasteiger partial charge in [-0.1, -0.05) is 68.4 Å². The largest absolute Gasteiger partial charge is 0.492 e. The van der Waals surface area contributed by atoms with Crippen LogP contribution in [-0.4, -0.2) is 16.2 Å². The van der Waals surface area contributed by atoms with E-state index in [0.29, 0.717) is 12.5 Å². The third kappa shape index (κ3) is 3.72. The number of fused-ring (bicyclic) bond motifs is 1. The predicted octanol–water partition coefficient (Wildman–Crippen LogP) is 5.91. The van der Waals surface area contributed by atoms with Crippen LogP contribution < -0.4 is 4.74 Å². The van der Waals surface area contributed by atoms with Gasteiger partial charge in [-0.2, -0.15) is 0 Å². The van der Waals surface area contributed by atoms with Crippen molar-refractivity contribution in [3.05, 3.63) is 84.4 Å². The van der Waals surface area contributed by atoms with Gasteiger partial charge in [0, 0.05) is 5.56 Å². The number of imidazole rings is 1. The molecule has 3 heteroatoms. The Balaban J connectivity index is 1.56. The molecule has 0 fully saturated rings. The number of aromatic nitrogens is 2. The summed E-state index contributed by atoms with van der Waals surface area (Å²) in [5, 5.41) is 0. The van der Waals surface area contributed by atoms with Crippen LogP contribution in [0.2, 0.25) is 0 Å². The van der Waals surface area contributed by atoms with E-state index in [4.69, 9.17) is 9.72 Å². The Morgan fingerprint density at radius 3 is 2.30 bits per heavy atom. The third-order valence-electron chi connectivity index (χ3n) is 4.82. The van der Waals surface area contributed by atoms with Gasteiger partial charge in [-0.25, -0.2) is 4.98 Å². The first kappa shape index (κ1) is 17.3. The molecule has 4 rings (SSSR count). The average molecular weight is 356 g/mol. The molecule has 1 aromatic heterocycles. The first-order valence-electron chi connectivity index (χ1n) is 9.46. The highest BCUT2D eigenvalue weighted by Crippen LogP contribution is 2.25. The molecule has 27 heavy (non-hydrogen) atoms. The van der Waals surface area contributed by atoms with Crippen molar-refractivity contribution in [3.8, 4) is 17.1 Å². The van der Waals surface area contributed by atoms with Crippen LogP contribution in [0.5, 0.6) is 5.75 Å². The Morgan fingerprint density at radius 2 is 1.56 bits per heavy atom. The summed E-state index contributed by atoms with van der Waals surface area (Å²) in [6.45, 7) is 5.74. The van der Waals surface area contributed by atoms with Crippen molar-refractivity contribution in [1.29, 1.82) is 0 Å². The van der Waals surface area contributed by atoms with Crippen LogP contribution in [0.4, 0.5) is 0 Å². The molecule has 0 amide bonds. The lowest BCUT2D eigenvalue weighted by Gasteiger charge is -2.12. The van der Waals surface area contributed by atoms with Crippen LogP contribution in [0.3, 0.4) is 0 Å². The molecule has 0 atom stereocenters.